The van der Waals surface area contributed by atoms with E-state index in [2.05, 4.69) is 79.9 Å². The second-order valence-electron chi connectivity index (χ2n) is 19.6. The van der Waals surface area contributed by atoms with Gasteiger partial charge in [0.1, 0.15) is 13.2 Å². The van der Waals surface area contributed by atoms with Crippen molar-refractivity contribution in [2.45, 2.75) is 244 Å². The minimum Gasteiger partial charge on any atom is -0.756 e. The molecule has 9 heteroatoms. The summed E-state index contributed by atoms with van der Waals surface area (Å²) in [4.78, 5) is 25.3. The second kappa shape index (κ2) is 48.0. The zero-order chi connectivity index (χ0) is 48.5. The third-order valence-corrected chi connectivity index (χ3v) is 12.9. The molecule has 3 atom stereocenters. The first-order chi connectivity index (χ1) is 32.0. The molecule has 0 aliphatic rings. The summed E-state index contributed by atoms with van der Waals surface area (Å²) in [7, 11) is 1.26. The third-order valence-electron chi connectivity index (χ3n) is 11.9. The van der Waals surface area contributed by atoms with E-state index < -0.39 is 20.0 Å². The average Bonchev–Trinajstić information content (AvgIpc) is 3.28. The van der Waals surface area contributed by atoms with Gasteiger partial charge in [0.15, 0.2) is 0 Å². The Kier molecular flexibility index (Phi) is 46.5. The van der Waals surface area contributed by atoms with Crippen LogP contribution in [0.2, 0.25) is 0 Å². The minimum absolute atomic E-state index is 0.00197. The number of unbranched alkanes of at least 4 members (excludes halogenated alkanes) is 26. The summed E-state index contributed by atoms with van der Waals surface area (Å²) >= 11 is 0. The molecule has 0 rings (SSSR count). The van der Waals surface area contributed by atoms with Gasteiger partial charge in [-0.3, -0.25) is 9.36 Å². The molecule has 2 N–H and O–H groups in total. The van der Waals surface area contributed by atoms with Crippen LogP contribution in [-0.2, 0) is 18.4 Å². The van der Waals surface area contributed by atoms with Gasteiger partial charge in [0.2, 0.25) is 5.91 Å². The molecular formula is C57H105N2O6P. The highest BCUT2D eigenvalue weighted by molar-refractivity contribution is 7.45. The molecule has 0 fully saturated rings. The van der Waals surface area contributed by atoms with Crippen LogP contribution in [0.15, 0.2) is 72.9 Å². The van der Waals surface area contributed by atoms with Crippen LogP contribution in [-0.4, -0.2) is 68.5 Å². The topological polar surface area (TPSA) is 108 Å². The first kappa shape index (κ1) is 63.9. The maximum Gasteiger partial charge on any atom is 0.268 e. The van der Waals surface area contributed by atoms with Crippen LogP contribution in [0, 0.1) is 0 Å². The lowest BCUT2D eigenvalue weighted by molar-refractivity contribution is -0.870. The fourth-order valence-electron chi connectivity index (χ4n) is 7.65. The van der Waals surface area contributed by atoms with Crippen molar-refractivity contribution in [3.05, 3.63) is 72.9 Å². The molecule has 384 valence electrons. The van der Waals surface area contributed by atoms with E-state index in [1.165, 1.54) is 141 Å². The lowest BCUT2D eigenvalue weighted by Gasteiger charge is -2.29. The standard InChI is InChI=1S/C57H105N2O6P/c1-6-8-10-12-14-16-17-18-19-20-21-22-23-24-25-26-27-28-29-30-31-32-33-34-35-36-37-38-39-40-41-43-45-47-49-51-57(61)58-55(54-65-66(62,63)64-53-52-59(3,4)5)56(60)50-48-46-44-42-15-13-11-9-7-2/h8,10,14,16,18-19,21-22,24-25,48,50,55-56,60H,6-7,9,11-13,15,17,20,23,26-47,49,51-54H2,1-5H3,(H-,58,61,62,63)/b10-8-,16-14-,19-18-,22-21-,25-24-,50-48+. The van der Waals surface area contributed by atoms with Crippen molar-refractivity contribution >= 4 is 13.7 Å². The Balaban J connectivity index is 3.92. The number of carbonyl (C=O) groups is 1. The van der Waals surface area contributed by atoms with Gasteiger partial charge in [0, 0.05) is 6.42 Å². The molecule has 0 radical (unpaired) electrons. The number of rotatable bonds is 49. The molecule has 3 unspecified atom stereocenters. The van der Waals surface area contributed by atoms with Crippen LogP contribution >= 0.6 is 7.82 Å². The number of allylic oxidation sites excluding steroid dienone is 11. The van der Waals surface area contributed by atoms with Crippen molar-refractivity contribution in [1.82, 2.24) is 5.32 Å². The van der Waals surface area contributed by atoms with E-state index in [4.69, 9.17) is 9.05 Å². The number of phosphoric acid groups is 1. The smallest absolute Gasteiger partial charge is 0.268 e. The molecule has 8 nitrogen and oxygen atoms in total. The van der Waals surface area contributed by atoms with E-state index in [1.807, 2.05) is 27.2 Å². The molecule has 0 heterocycles. The van der Waals surface area contributed by atoms with Crippen molar-refractivity contribution in [3.8, 4) is 0 Å². The Morgan fingerprint density at radius 2 is 0.924 bits per heavy atom. The lowest BCUT2D eigenvalue weighted by atomic mass is 10.0. The van der Waals surface area contributed by atoms with E-state index in [1.54, 1.807) is 6.08 Å². The number of hydrogen-bond donors (Lipinski definition) is 2. The van der Waals surface area contributed by atoms with Crippen molar-refractivity contribution in [3.63, 3.8) is 0 Å². The van der Waals surface area contributed by atoms with Gasteiger partial charge in [-0.2, -0.15) is 0 Å². The normalized spacial score (nSPS) is 14.6. The van der Waals surface area contributed by atoms with E-state index in [9.17, 15) is 19.4 Å². The number of nitrogens with one attached hydrogen (secondary N) is 1. The predicted octanol–water partition coefficient (Wildman–Crippen LogP) is 15.7. The summed E-state index contributed by atoms with van der Waals surface area (Å²) in [5.74, 6) is -0.200. The molecule has 0 aromatic heterocycles. The first-order valence-corrected chi connectivity index (χ1v) is 28.8. The molecular weight excluding hydrogens is 840 g/mol. The Morgan fingerprint density at radius 3 is 1.35 bits per heavy atom. The molecule has 0 saturated heterocycles. The van der Waals surface area contributed by atoms with Gasteiger partial charge in [-0.25, -0.2) is 0 Å². The van der Waals surface area contributed by atoms with E-state index in [0.29, 0.717) is 17.4 Å². The molecule has 0 bridgehead atoms. The fraction of sp³-hybridized carbons (Fsp3) is 0.772. The quantitative estimate of drug-likeness (QED) is 0.0272. The molecule has 0 spiro atoms. The number of quaternary nitrogens is 1. The number of aliphatic hydroxyl groups excluding tert-OH is 1. The van der Waals surface area contributed by atoms with Gasteiger partial charge in [0.05, 0.1) is 39.9 Å². The van der Waals surface area contributed by atoms with Crippen LogP contribution in [0.3, 0.4) is 0 Å². The van der Waals surface area contributed by atoms with Crippen LogP contribution in [0.1, 0.15) is 232 Å². The van der Waals surface area contributed by atoms with Crippen LogP contribution in [0.25, 0.3) is 0 Å². The van der Waals surface area contributed by atoms with Crippen molar-refractivity contribution in [2.24, 2.45) is 0 Å². The monoisotopic (exact) mass is 945 g/mol. The molecule has 0 aromatic rings. The number of phosphoric ester groups is 1. The number of hydrogen-bond acceptors (Lipinski definition) is 6. The zero-order valence-corrected chi connectivity index (χ0v) is 44.5. The summed E-state index contributed by atoms with van der Waals surface area (Å²) in [6.07, 6.45) is 65.7. The van der Waals surface area contributed by atoms with Crippen molar-refractivity contribution < 1.29 is 32.9 Å². The van der Waals surface area contributed by atoms with E-state index in [-0.39, 0.29) is 19.1 Å². The summed E-state index contributed by atoms with van der Waals surface area (Å²) in [5.41, 5.74) is 0. The number of aliphatic hydroxyl groups is 1. The summed E-state index contributed by atoms with van der Waals surface area (Å²) < 4.78 is 23.2. The highest BCUT2D eigenvalue weighted by atomic mass is 31.2. The maximum absolute atomic E-state index is 12.9. The number of nitrogens with zero attached hydrogens (tertiary/aromatic N) is 1. The van der Waals surface area contributed by atoms with Crippen LogP contribution < -0.4 is 10.2 Å². The highest BCUT2D eigenvalue weighted by Crippen LogP contribution is 2.38. The van der Waals surface area contributed by atoms with Gasteiger partial charge in [-0.1, -0.05) is 234 Å². The van der Waals surface area contributed by atoms with Gasteiger partial charge in [0.25, 0.3) is 7.82 Å². The largest absolute Gasteiger partial charge is 0.756 e. The van der Waals surface area contributed by atoms with Gasteiger partial charge in [-0.15, -0.1) is 0 Å². The highest BCUT2D eigenvalue weighted by Gasteiger charge is 2.23. The van der Waals surface area contributed by atoms with E-state index >= 15 is 0 Å². The zero-order valence-electron chi connectivity index (χ0n) is 43.6. The Bertz CT molecular complexity index is 1300. The fourth-order valence-corrected chi connectivity index (χ4v) is 8.37. The average molecular weight is 945 g/mol. The Hall–Kier alpha value is -2.06. The molecule has 1 amide bonds. The number of carbonyl (C=O) groups excluding carboxylic acids is 1. The molecule has 0 aliphatic heterocycles. The second-order valence-corrected chi connectivity index (χ2v) is 21.0. The third kappa shape index (κ3) is 49.8. The molecule has 0 aliphatic carbocycles. The van der Waals surface area contributed by atoms with Crippen LogP contribution in [0.4, 0.5) is 0 Å². The lowest BCUT2D eigenvalue weighted by Crippen LogP contribution is -2.45. The summed E-state index contributed by atoms with van der Waals surface area (Å²) in [6, 6.07) is -0.885. The summed E-state index contributed by atoms with van der Waals surface area (Å²) in [6.45, 7) is 4.50. The first-order valence-electron chi connectivity index (χ1n) is 27.3. The van der Waals surface area contributed by atoms with Gasteiger partial charge in [-0.05, 0) is 64.2 Å². The summed E-state index contributed by atoms with van der Waals surface area (Å²) in [5, 5.41) is 13.8. The predicted molar refractivity (Wildman–Crippen MR) is 284 cm³/mol. The number of amides is 1. The Labute approximate surface area is 408 Å². The molecule has 0 saturated carbocycles. The molecule has 66 heavy (non-hydrogen) atoms. The minimum atomic E-state index is -4.59. The van der Waals surface area contributed by atoms with Gasteiger partial charge < -0.3 is 28.8 Å². The number of likely N-dealkylation sites (N-methyl/N-ethyl adjacent to an activating group) is 1. The van der Waals surface area contributed by atoms with Crippen LogP contribution in [0.5, 0.6) is 0 Å². The van der Waals surface area contributed by atoms with Gasteiger partial charge >= 0.3 is 0 Å². The van der Waals surface area contributed by atoms with Crippen molar-refractivity contribution in [1.29, 1.82) is 0 Å². The SMILES string of the molecule is CC/C=C\C/C=C\C/C=C\C/C=C\C/C=C\CCCCCCCCCCCCCCCCCCCCCC(=O)NC(COP(=O)([O-])OCC[N+](C)(C)C)C(O)/C=C/CCCCCCCCC. The van der Waals surface area contributed by atoms with Crippen molar-refractivity contribution in [2.75, 3.05) is 40.9 Å². The molecule has 0 aromatic carbocycles. The van der Waals surface area contributed by atoms with E-state index in [0.717, 1.165) is 70.6 Å². The maximum atomic E-state index is 12.9. The Morgan fingerprint density at radius 1 is 0.545 bits per heavy atom.